The molecule has 0 aromatic carbocycles. The zero-order chi connectivity index (χ0) is 8.10. The van der Waals surface area contributed by atoms with Gasteiger partial charge in [0.2, 0.25) is 0 Å². The fraction of sp³-hybridized carbons (Fsp3) is 1.00. The van der Waals surface area contributed by atoms with Gasteiger partial charge in [0.05, 0.1) is 0 Å². The van der Waals surface area contributed by atoms with E-state index in [9.17, 15) is 0 Å². The standard InChI is InChI=1S/C9H18ClN/c1-2-3-6-11-7-9(10)8-4-5-8/h8-9,11H,2-7H2,1H3. The van der Waals surface area contributed by atoms with Crippen molar-refractivity contribution >= 4 is 11.6 Å². The Kier molecular flexibility index (Phi) is 4.24. The normalized spacial score (nSPS) is 20.2. The van der Waals surface area contributed by atoms with Gasteiger partial charge in [-0.2, -0.15) is 0 Å². The second-order valence-corrected chi connectivity index (χ2v) is 3.97. The molecule has 0 radical (unpaired) electrons. The Morgan fingerprint density at radius 2 is 2.27 bits per heavy atom. The van der Waals surface area contributed by atoms with Gasteiger partial charge in [0.15, 0.2) is 0 Å². The molecule has 1 saturated carbocycles. The van der Waals surface area contributed by atoms with Crippen LogP contribution < -0.4 is 5.32 Å². The lowest BCUT2D eigenvalue weighted by atomic mass is 10.3. The lowest BCUT2D eigenvalue weighted by Gasteiger charge is -2.08. The topological polar surface area (TPSA) is 12.0 Å². The van der Waals surface area contributed by atoms with Crippen LogP contribution in [0, 0.1) is 5.92 Å². The molecule has 0 saturated heterocycles. The summed E-state index contributed by atoms with van der Waals surface area (Å²) in [6, 6.07) is 0. The average molecular weight is 176 g/mol. The van der Waals surface area contributed by atoms with Gasteiger partial charge in [-0.05, 0) is 31.7 Å². The summed E-state index contributed by atoms with van der Waals surface area (Å²) < 4.78 is 0. The molecule has 0 aromatic heterocycles. The van der Waals surface area contributed by atoms with E-state index >= 15 is 0 Å². The van der Waals surface area contributed by atoms with Crippen molar-refractivity contribution in [2.45, 2.75) is 38.0 Å². The van der Waals surface area contributed by atoms with Gasteiger partial charge in [-0.25, -0.2) is 0 Å². The summed E-state index contributed by atoms with van der Waals surface area (Å²) in [5.41, 5.74) is 0. The first-order valence-corrected chi connectivity index (χ1v) is 5.13. The van der Waals surface area contributed by atoms with Crippen LogP contribution in [0.4, 0.5) is 0 Å². The number of halogens is 1. The molecule has 1 atom stereocenters. The molecule has 1 aliphatic carbocycles. The van der Waals surface area contributed by atoms with Crippen LogP contribution in [0.25, 0.3) is 0 Å². The summed E-state index contributed by atoms with van der Waals surface area (Å²) in [6.45, 7) is 4.35. The highest BCUT2D eigenvalue weighted by Gasteiger charge is 2.28. The number of hydrogen-bond donors (Lipinski definition) is 1. The van der Waals surface area contributed by atoms with Gasteiger partial charge in [0, 0.05) is 11.9 Å². The molecular formula is C9H18ClN. The lowest BCUT2D eigenvalue weighted by molar-refractivity contribution is 0.597. The van der Waals surface area contributed by atoms with Crippen molar-refractivity contribution in [1.29, 1.82) is 0 Å². The van der Waals surface area contributed by atoms with Gasteiger partial charge >= 0.3 is 0 Å². The Bertz CT molecular complexity index is 102. The third-order valence-electron chi connectivity index (χ3n) is 2.18. The van der Waals surface area contributed by atoms with Crippen LogP contribution in [0.15, 0.2) is 0 Å². The van der Waals surface area contributed by atoms with E-state index in [1.54, 1.807) is 0 Å². The van der Waals surface area contributed by atoms with Crippen LogP contribution in [0.1, 0.15) is 32.6 Å². The van der Waals surface area contributed by atoms with Crippen LogP contribution in [0.2, 0.25) is 0 Å². The lowest BCUT2D eigenvalue weighted by Crippen LogP contribution is -2.25. The SMILES string of the molecule is CCCCNCC(Cl)C1CC1. The Balaban J connectivity index is 1.85. The van der Waals surface area contributed by atoms with Crippen molar-refractivity contribution in [3.8, 4) is 0 Å². The van der Waals surface area contributed by atoms with Crippen molar-refractivity contribution < 1.29 is 0 Å². The van der Waals surface area contributed by atoms with E-state index in [1.165, 1.54) is 25.7 Å². The molecule has 1 nitrogen and oxygen atoms in total. The molecule has 66 valence electrons. The highest BCUT2D eigenvalue weighted by atomic mass is 35.5. The first-order valence-electron chi connectivity index (χ1n) is 4.69. The van der Waals surface area contributed by atoms with Gasteiger partial charge in [-0.1, -0.05) is 13.3 Å². The number of hydrogen-bond acceptors (Lipinski definition) is 1. The summed E-state index contributed by atoms with van der Waals surface area (Å²) in [4.78, 5) is 0. The molecule has 0 spiro atoms. The van der Waals surface area contributed by atoms with Gasteiger partial charge in [0.25, 0.3) is 0 Å². The van der Waals surface area contributed by atoms with Gasteiger partial charge in [-0.15, -0.1) is 11.6 Å². The molecule has 0 heterocycles. The van der Waals surface area contributed by atoms with Gasteiger partial charge in [0.1, 0.15) is 0 Å². The van der Waals surface area contributed by atoms with Crippen LogP contribution >= 0.6 is 11.6 Å². The molecule has 1 N–H and O–H groups in total. The number of rotatable bonds is 6. The highest BCUT2D eigenvalue weighted by Crippen LogP contribution is 2.35. The predicted octanol–water partition coefficient (Wildman–Crippen LogP) is 2.39. The van der Waals surface area contributed by atoms with Crippen molar-refractivity contribution in [3.05, 3.63) is 0 Å². The average Bonchev–Trinajstić information content (AvgIpc) is 2.79. The van der Waals surface area contributed by atoms with E-state index in [1.807, 2.05) is 0 Å². The Hall–Kier alpha value is 0.250. The molecular weight excluding hydrogens is 158 g/mol. The monoisotopic (exact) mass is 175 g/mol. The minimum Gasteiger partial charge on any atom is -0.315 e. The van der Waals surface area contributed by atoms with Crippen LogP contribution in [-0.2, 0) is 0 Å². The molecule has 1 fully saturated rings. The van der Waals surface area contributed by atoms with Crippen LogP contribution in [-0.4, -0.2) is 18.5 Å². The molecule has 0 aromatic rings. The summed E-state index contributed by atoms with van der Waals surface area (Å²) >= 11 is 6.09. The summed E-state index contributed by atoms with van der Waals surface area (Å²) in [6.07, 6.45) is 5.24. The number of unbranched alkanes of at least 4 members (excludes halogenated alkanes) is 1. The van der Waals surface area contributed by atoms with Crippen LogP contribution in [0.5, 0.6) is 0 Å². The number of nitrogens with one attached hydrogen (secondary N) is 1. The highest BCUT2D eigenvalue weighted by molar-refractivity contribution is 6.21. The fourth-order valence-corrected chi connectivity index (χ4v) is 1.53. The first-order chi connectivity index (χ1) is 5.34. The Morgan fingerprint density at radius 3 is 2.82 bits per heavy atom. The van der Waals surface area contributed by atoms with E-state index in [2.05, 4.69) is 12.2 Å². The second kappa shape index (κ2) is 5.00. The van der Waals surface area contributed by atoms with Crippen molar-refractivity contribution in [2.75, 3.05) is 13.1 Å². The molecule has 11 heavy (non-hydrogen) atoms. The zero-order valence-electron chi connectivity index (χ0n) is 7.28. The maximum absolute atomic E-state index is 6.09. The Morgan fingerprint density at radius 1 is 1.55 bits per heavy atom. The van der Waals surface area contributed by atoms with Crippen molar-refractivity contribution in [3.63, 3.8) is 0 Å². The second-order valence-electron chi connectivity index (χ2n) is 3.41. The maximum atomic E-state index is 6.09. The fourth-order valence-electron chi connectivity index (χ4n) is 1.17. The summed E-state index contributed by atoms with van der Waals surface area (Å²) in [5.74, 6) is 0.825. The minimum absolute atomic E-state index is 0.395. The summed E-state index contributed by atoms with van der Waals surface area (Å²) in [5, 5.41) is 3.77. The molecule has 1 unspecified atom stereocenters. The molecule has 0 bridgehead atoms. The molecule has 2 heteroatoms. The zero-order valence-corrected chi connectivity index (χ0v) is 8.03. The summed E-state index contributed by atoms with van der Waals surface area (Å²) in [7, 11) is 0. The third kappa shape index (κ3) is 3.97. The van der Waals surface area contributed by atoms with Gasteiger partial charge in [-0.3, -0.25) is 0 Å². The molecule has 1 aliphatic rings. The Labute approximate surface area is 74.5 Å². The van der Waals surface area contributed by atoms with E-state index in [4.69, 9.17) is 11.6 Å². The predicted molar refractivity (Wildman–Crippen MR) is 50.1 cm³/mol. The van der Waals surface area contributed by atoms with E-state index < -0.39 is 0 Å². The maximum Gasteiger partial charge on any atom is 0.0488 e. The van der Waals surface area contributed by atoms with Gasteiger partial charge < -0.3 is 5.32 Å². The quantitative estimate of drug-likeness (QED) is 0.483. The van der Waals surface area contributed by atoms with Crippen molar-refractivity contribution in [2.24, 2.45) is 5.92 Å². The first kappa shape index (κ1) is 9.34. The van der Waals surface area contributed by atoms with E-state index in [0.29, 0.717) is 5.38 Å². The number of alkyl halides is 1. The van der Waals surface area contributed by atoms with Crippen molar-refractivity contribution in [1.82, 2.24) is 5.32 Å². The minimum atomic E-state index is 0.395. The van der Waals surface area contributed by atoms with Crippen LogP contribution in [0.3, 0.4) is 0 Å². The molecule has 0 aliphatic heterocycles. The van der Waals surface area contributed by atoms with E-state index in [0.717, 1.165) is 19.0 Å². The molecule has 1 rings (SSSR count). The largest absolute Gasteiger partial charge is 0.315 e. The molecule has 0 amide bonds. The third-order valence-corrected chi connectivity index (χ3v) is 2.69. The smallest absolute Gasteiger partial charge is 0.0488 e. The van der Waals surface area contributed by atoms with E-state index in [-0.39, 0.29) is 0 Å².